The van der Waals surface area contributed by atoms with Gasteiger partial charge in [0, 0.05) is 30.4 Å². The summed E-state index contributed by atoms with van der Waals surface area (Å²) >= 11 is 0. The molecule has 0 saturated heterocycles. The number of aromatic nitrogens is 1. The number of hydrogen-bond donors (Lipinski definition) is 1. The van der Waals surface area contributed by atoms with Crippen molar-refractivity contribution in [1.29, 1.82) is 0 Å². The third kappa shape index (κ3) is 2.98. The lowest BCUT2D eigenvalue weighted by molar-refractivity contribution is 0.602. The van der Waals surface area contributed by atoms with Gasteiger partial charge in [0.2, 0.25) is 0 Å². The fourth-order valence-electron chi connectivity index (χ4n) is 2.28. The standard InChI is InChI=1S/C14H20N2O2S/c1-4-15-8-7-11-10-16(2)14-6-5-12(9-13(11)14)19(3,17)18/h5-6,9-10,15H,4,7-8H2,1-3H3. The molecule has 0 aliphatic carbocycles. The molecule has 0 aliphatic rings. The average molecular weight is 280 g/mol. The van der Waals surface area contributed by atoms with Crippen molar-refractivity contribution in [3.8, 4) is 0 Å². The van der Waals surface area contributed by atoms with Crippen molar-refractivity contribution in [2.75, 3.05) is 19.3 Å². The first-order valence-corrected chi connectivity index (χ1v) is 8.31. The van der Waals surface area contributed by atoms with Gasteiger partial charge >= 0.3 is 0 Å². The van der Waals surface area contributed by atoms with E-state index in [1.54, 1.807) is 12.1 Å². The minimum Gasteiger partial charge on any atom is -0.350 e. The zero-order chi connectivity index (χ0) is 14.0. The van der Waals surface area contributed by atoms with Crippen molar-refractivity contribution in [1.82, 2.24) is 9.88 Å². The largest absolute Gasteiger partial charge is 0.350 e. The monoisotopic (exact) mass is 280 g/mol. The van der Waals surface area contributed by atoms with E-state index in [1.807, 2.05) is 17.7 Å². The normalized spacial score (nSPS) is 12.2. The highest BCUT2D eigenvalue weighted by Crippen LogP contribution is 2.24. The second-order valence-corrected chi connectivity index (χ2v) is 6.84. The second-order valence-electron chi connectivity index (χ2n) is 4.82. The predicted octanol–water partition coefficient (Wildman–Crippen LogP) is 1.73. The van der Waals surface area contributed by atoms with Gasteiger partial charge in [-0.1, -0.05) is 6.92 Å². The van der Waals surface area contributed by atoms with Gasteiger partial charge in [0.1, 0.15) is 0 Å². The van der Waals surface area contributed by atoms with E-state index in [-0.39, 0.29) is 0 Å². The van der Waals surface area contributed by atoms with E-state index in [0.717, 1.165) is 30.4 Å². The molecule has 0 aliphatic heterocycles. The van der Waals surface area contributed by atoms with E-state index >= 15 is 0 Å². The van der Waals surface area contributed by atoms with Crippen LogP contribution in [0.4, 0.5) is 0 Å². The Labute approximate surface area is 114 Å². The van der Waals surface area contributed by atoms with Crippen LogP contribution in [0.3, 0.4) is 0 Å². The highest BCUT2D eigenvalue weighted by Gasteiger charge is 2.12. The van der Waals surface area contributed by atoms with E-state index in [0.29, 0.717) is 4.90 Å². The van der Waals surface area contributed by atoms with Gasteiger partial charge in [-0.2, -0.15) is 0 Å². The van der Waals surface area contributed by atoms with Crippen molar-refractivity contribution in [3.63, 3.8) is 0 Å². The summed E-state index contributed by atoms with van der Waals surface area (Å²) in [5.41, 5.74) is 2.25. The molecule has 0 bridgehead atoms. The van der Waals surface area contributed by atoms with E-state index in [4.69, 9.17) is 0 Å². The lowest BCUT2D eigenvalue weighted by Crippen LogP contribution is -2.15. The zero-order valence-electron chi connectivity index (χ0n) is 11.6. The van der Waals surface area contributed by atoms with Crippen LogP contribution in [0.15, 0.2) is 29.3 Å². The van der Waals surface area contributed by atoms with Crippen LogP contribution in [-0.4, -0.2) is 32.3 Å². The highest BCUT2D eigenvalue weighted by molar-refractivity contribution is 7.90. The summed E-state index contributed by atoms with van der Waals surface area (Å²) < 4.78 is 25.3. The lowest BCUT2D eigenvalue weighted by atomic mass is 10.1. The molecule has 1 aromatic heterocycles. The van der Waals surface area contributed by atoms with E-state index in [9.17, 15) is 8.42 Å². The predicted molar refractivity (Wildman–Crippen MR) is 78.3 cm³/mol. The van der Waals surface area contributed by atoms with Crippen molar-refractivity contribution in [3.05, 3.63) is 30.0 Å². The topological polar surface area (TPSA) is 51.1 Å². The third-order valence-electron chi connectivity index (χ3n) is 3.29. The number of nitrogens with zero attached hydrogens (tertiary/aromatic N) is 1. The quantitative estimate of drug-likeness (QED) is 0.849. The van der Waals surface area contributed by atoms with E-state index in [1.165, 1.54) is 11.8 Å². The molecule has 1 heterocycles. The van der Waals surface area contributed by atoms with Crippen molar-refractivity contribution < 1.29 is 8.42 Å². The van der Waals surface area contributed by atoms with Crippen LogP contribution in [0, 0.1) is 0 Å². The number of hydrogen-bond acceptors (Lipinski definition) is 3. The Kier molecular flexibility index (Phi) is 3.96. The Morgan fingerprint density at radius 1 is 1.32 bits per heavy atom. The van der Waals surface area contributed by atoms with Gasteiger partial charge in [0.05, 0.1) is 4.90 Å². The smallest absolute Gasteiger partial charge is 0.175 e. The summed E-state index contributed by atoms with van der Waals surface area (Å²) in [7, 11) is -1.17. The summed E-state index contributed by atoms with van der Waals surface area (Å²) in [6.07, 6.45) is 4.22. The Bertz CT molecular complexity index is 687. The maximum Gasteiger partial charge on any atom is 0.175 e. The molecule has 0 radical (unpaired) electrons. The molecule has 1 N–H and O–H groups in total. The van der Waals surface area contributed by atoms with Crippen molar-refractivity contribution in [2.24, 2.45) is 7.05 Å². The minimum atomic E-state index is -3.15. The minimum absolute atomic E-state index is 0.385. The molecule has 0 saturated carbocycles. The van der Waals surface area contributed by atoms with Gasteiger partial charge in [-0.3, -0.25) is 0 Å². The molecule has 0 amide bonds. The summed E-state index contributed by atoms with van der Waals surface area (Å²) in [5, 5.41) is 4.32. The fraction of sp³-hybridized carbons (Fsp3) is 0.429. The second kappa shape index (κ2) is 5.35. The molecule has 1 aromatic carbocycles. The van der Waals surface area contributed by atoms with Gasteiger partial charge < -0.3 is 9.88 Å². The number of sulfone groups is 1. The van der Waals surface area contributed by atoms with Gasteiger partial charge in [0.15, 0.2) is 9.84 Å². The summed E-state index contributed by atoms with van der Waals surface area (Å²) in [4.78, 5) is 0.385. The van der Waals surface area contributed by atoms with Crippen LogP contribution in [0.1, 0.15) is 12.5 Å². The van der Waals surface area contributed by atoms with Crippen LogP contribution >= 0.6 is 0 Å². The lowest BCUT2D eigenvalue weighted by Gasteiger charge is -2.02. The molecule has 0 fully saturated rings. The van der Waals surface area contributed by atoms with E-state index < -0.39 is 9.84 Å². The van der Waals surface area contributed by atoms with Gasteiger partial charge in [-0.15, -0.1) is 0 Å². The Morgan fingerprint density at radius 3 is 2.68 bits per heavy atom. The molecule has 104 valence electrons. The number of likely N-dealkylation sites (N-methyl/N-ethyl adjacent to an activating group) is 1. The molecule has 0 unspecified atom stereocenters. The summed E-state index contributed by atoms with van der Waals surface area (Å²) in [6, 6.07) is 5.33. The molecule has 2 aromatic rings. The number of fused-ring (bicyclic) bond motifs is 1. The molecule has 19 heavy (non-hydrogen) atoms. The third-order valence-corrected chi connectivity index (χ3v) is 4.40. The zero-order valence-corrected chi connectivity index (χ0v) is 12.4. The maximum absolute atomic E-state index is 11.6. The van der Waals surface area contributed by atoms with Gasteiger partial charge in [-0.05, 0) is 43.3 Å². The Hall–Kier alpha value is -1.33. The van der Waals surface area contributed by atoms with Crippen LogP contribution < -0.4 is 5.32 Å². The summed E-state index contributed by atoms with van der Waals surface area (Å²) in [5.74, 6) is 0. The first kappa shape index (κ1) is 14.1. The number of benzene rings is 1. The molecule has 5 heteroatoms. The molecular formula is C14H20N2O2S. The van der Waals surface area contributed by atoms with Crippen LogP contribution in [0.5, 0.6) is 0 Å². The number of aryl methyl sites for hydroxylation is 1. The van der Waals surface area contributed by atoms with Crippen LogP contribution in [0.2, 0.25) is 0 Å². The summed E-state index contributed by atoms with van der Waals surface area (Å²) in [6.45, 7) is 3.92. The van der Waals surface area contributed by atoms with E-state index in [2.05, 4.69) is 18.4 Å². The maximum atomic E-state index is 11.6. The molecule has 0 atom stereocenters. The number of nitrogens with one attached hydrogen (secondary N) is 1. The van der Waals surface area contributed by atoms with Gasteiger partial charge in [0.25, 0.3) is 0 Å². The SMILES string of the molecule is CCNCCc1cn(C)c2ccc(S(C)(=O)=O)cc12. The molecule has 2 rings (SSSR count). The van der Waals surface area contributed by atoms with Crippen molar-refractivity contribution >= 4 is 20.7 Å². The fourth-order valence-corrected chi connectivity index (χ4v) is 2.93. The molecule has 4 nitrogen and oxygen atoms in total. The Morgan fingerprint density at radius 2 is 2.05 bits per heavy atom. The van der Waals surface area contributed by atoms with Crippen LogP contribution in [-0.2, 0) is 23.3 Å². The Balaban J connectivity index is 2.47. The molecule has 0 spiro atoms. The highest BCUT2D eigenvalue weighted by atomic mass is 32.2. The number of rotatable bonds is 5. The molecular weight excluding hydrogens is 260 g/mol. The first-order valence-electron chi connectivity index (χ1n) is 6.42. The van der Waals surface area contributed by atoms with Gasteiger partial charge in [-0.25, -0.2) is 8.42 Å². The van der Waals surface area contributed by atoms with Crippen LogP contribution in [0.25, 0.3) is 10.9 Å². The average Bonchev–Trinajstić information content (AvgIpc) is 2.65. The first-order chi connectivity index (χ1) is 8.93. The van der Waals surface area contributed by atoms with Crippen molar-refractivity contribution in [2.45, 2.75) is 18.2 Å².